The van der Waals surface area contributed by atoms with Gasteiger partial charge in [0.05, 0.1) is 5.69 Å². The number of halogens is 2. The maximum absolute atomic E-state index is 12.1. The molecule has 0 radical (unpaired) electrons. The molecule has 0 aliphatic rings. The van der Waals surface area contributed by atoms with E-state index in [9.17, 15) is 15.0 Å². The van der Waals surface area contributed by atoms with Crippen LogP contribution < -0.4 is 5.32 Å². The predicted molar refractivity (Wildman–Crippen MR) is 81.6 cm³/mol. The van der Waals surface area contributed by atoms with Crippen molar-refractivity contribution >= 4 is 39.1 Å². The molecule has 0 spiro atoms. The summed E-state index contributed by atoms with van der Waals surface area (Å²) in [7, 11) is 0. The van der Waals surface area contributed by atoms with Crippen LogP contribution in [0.15, 0.2) is 34.8 Å². The number of benzene rings is 2. The van der Waals surface area contributed by atoms with Gasteiger partial charge < -0.3 is 15.5 Å². The number of hydrogen-bond acceptors (Lipinski definition) is 3. The van der Waals surface area contributed by atoms with E-state index in [1.165, 1.54) is 12.1 Å². The third kappa shape index (κ3) is 3.23. The lowest BCUT2D eigenvalue weighted by molar-refractivity contribution is 0.102. The number of anilines is 1. The standard InChI is InChI=1S/C14H11BrClNO3/c1-7-2-11(15)13(6-12(7)16)17-14(20)8-3-9(18)5-10(19)4-8/h2-6,18-19H,1H3,(H,17,20). The summed E-state index contributed by atoms with van der Waals surface area (Å²) in [6.07, 6.45) is 0. The molecule has 2 aromatic rings. The second-order valence-electron chi connectivity index (χ2n) is 4.27. The van der Waals surface area contributed by atoms with E-state index in [1.807, 2.05) is 6.92 Å². The number of aromatic hydroxyl groups is 2. The highest BCUT2D eigenvalue weighted by atomic mass is 79.9. The average molecular weight is 357 g/mol. The molecule has 3 N–H and O–H groups in total. The number of phenolic OH excluding ortho intramolecular Hbond substituents is 2. The summed E-state index contributed by atoms with van der Waals surface area (Å²) < 4.78 is 0.692. The van der Waals surface area contributed by atoms with Gasteiger partial charge in [-0.15, -0.1) is 0 Å². The Hall–Kier alpha value is -1.72. The van der Waals surface area contributed by atoms with E-state index in [0.717, 1.165) is 11.6 Å². The molecular weight excluding hydrogens is 346 g/mol. The van der Waals surface area contributed by atoms with Gasteiger partial charge in [0.2, 0.25) is 0 Å². The number of nitrogens with one attached hydrogen (secondary N) is 1. The van der Waals surface area contributed by atoms with Crippen LogP contribution in [0.1, 0.15) is 15.9 Å². The summed E-state index contributed by atoms with van der Waals surface area (Å²) in [5.41, 5.74) is 1.53. The zero-order valence-corrected chi connectivity index (χ0v) is 12.8. The molecule has 0 bridgehead atoms. The van der Waals surface area contributed by atoms with E-state index in [2.05, 4.69) is 21.2 Å². The van der Waals surface area contributed by atoms with Gasteiger partial charge in [-0.05, 0) is 52.7 Å². The number of aryl methyl sites for hydroxylation is 1. The minimum Gasteiger partial charge on any atom is -0.508 e. The summed E-state index contributed by atoms with van der Waals surface area (Å²) in [6, 6.07) is 7.09. The molecule has 0 aromatic heterocycles. The summed E-state index contributed by atoms with van der Waals surface area (Å²) in [5, 5.41) is 21.9. The first kappa shape index (κ1) is 14.7. The van der Waals surface area contributed by atoms with Gasteiger partial charge in [0.25, 0.3) is 5.91 Å². The van der Waals surface area contributed by atoms with Crippen LogP contribution in [0.3, 0.4) is 0 Å². The lowest BCUT2D eigenvalue weighted by Crippen LogP contribution is -2.12. The van der Waals surface area contributed by atoms with E-state index in [0.29, 0.717) is 15.2 Å². The van der Waals surface area contributed by atoms with Crippen molar-refractivity contribution in [1.82, 2.24) is 0 Å². The second-order valence-corrected chi connectivity index (χ2v) is 5.53. The van der Waals surface area contributed by atoms with Crippen molar-refractivity contribution in [1.29, 1.82) is 0 Å². The Kier molecular flexibility index (Phi) is 4.20. The first-order chi connectivity index (χ1) is 9.36. The minimum atomic E-state index is -0.461. The van der Waals surface area contributed by atoms with Gasteiger partial charge in [0.15, 0.2) is 0 Å². The van der Waals surface area contributed by atoms with Gasteiger partial charge >= 0.3 is 0 Å². The molecule has 104 valence electrons. The third-order valence-corrected chi connectivity index (χ3v) is 3.72. The Balaban J connectivity index is 2.30. The molecule has 4 nitrogen and oxygen atoms in total. The zero-order chi connectivity index (χ0) is 14.9. The zero-order valence-electron chi connectivity index (χ0n) is 10.4. The monoisotopic (exact) mass is 355 g/mol. The van der Waals surface area contributed by atoms with Crippen LogP contribution in [-0.4, -0.2) is 16.1 Å². The van der Waals surface area contributed by atoms with E-state index in [-0.39, 0.29) is 17.1 Å². The van der Waals surface area contributed by atoms with Gasteiger partial charge in [-0.25, -0.2) is 0 Å². The van der Waals surface area contributed by atoms with Crippen LogP contribution >= 0.6 is 27.5 Å². The number of carbonyl (C=O) groups is 1. The van der Waals surface area contributed by atoms with Crippen molar-refractivity contribution in [3.05, 3.63) is 51.0 Å². The number of phenols is 2. The highest BCUT2D eigenvalue weighted by Crippen LogP contribution is 2.30. The molecule has 0 saturated heterocycles. The normalized spacial score (nSPS) is 10.3. The molecular formula is C14H11BrClNO3. The van der Waals surface area contributed by atoms with Crippen LogP contribution in [-0.2, 0) is 0 Å². The third-order valence-electron chi connectivity index (χ3n) is 2.66. The number of carbonyl (C=O) groups excluding carboxylic acids is 1. The van der Waals surface area contributed by atoms with Crippen molar-refractivity contribution in [2.75, 3.05) is 5.32 Å². The molecule has 0 heterocycles. The summed E-state index contributed by atoms with van der Waals surface area (Å²) in [6.45, 7) is 1.85. The Morgan fingerprint density at radius 3 is 2.35 bits per heavy atom. The van der Waals surface area contributed by atoms with Crippen LogP contribution in [0.5, 0.6) is 11.5 Å². The van der Waals surface area contributed by atoms with Crippen LogP contribution in [0, 0.1) is 6.92 Å². The lowest BCUT2D eigenvalue weighted by Gasteiger charge is -2.10. The average Bonchev–Trinajstić information content (AvgIpc) is 2.34. The molecule has 2 aromatic carbocycles. The van der Waals surface area contributed by atoms with E-state index in [1.54, 1.807) is 12.1 Å². The van der Waals surface area contributed by atoms with Crippen molar-refractivity contribution in [2.24, 2.45) is 0 Å². The molecule has 0 fully saturated rings. The SMILES string of the molecule is Cc1cc(Br)c(NC(=O)c2cc(O)cc(O)c2)cc1Cl. The Morgan fingerprint density at radius 1 is 1.15 bits per heavy atom. The minimum absolute atomic E-state index is 0.145. The quantitative estimate of drug-likeness (QED) is 0.759. The van der Waals surface area contributed by atoms with Gasteiger partial charge in [0, 0.05) is 21.1 Å². The maximum atomic E-state index is 12.1. The summed E-state index contributed by atoms with van der Waals surface area (Å²) >= 11 is 9.35. The molecule has 0 atom stereocenters. The van der Waals surface area contributed by atoms with Crippen molar-refractivity contribution in [3.63, 3.8) is 0 Å². The van der Waals surface area contributed by atoms with E-state index < -0.39 is 5.91 Å². The fourth-order valence-electron chi connectivity index (χ4n) is 1.66. The van der Waals surface area contributed by atoms with Gasteiger partial charge in [-0.3, -0.25) is 4.79 Å². The van der Waals surface area contributed by atoms with Crippen LogP contribution in [0.4, 0.5) is 5.69 Å². The molecule has 0 unspecified atom stereocenters. The molecule has 1 amide bonds. The molecule has 20 heavy (non-hydrogen) atoms. The Morgan fingerprint density at radius 2 is 1.75 bits per heavy atom. The molecule has 0 saturated carbocycles. The number of rotatable bonds is 2. The topological polar surface area (TPSA) is 69.6 Å². The van der Waals surface area contributed by atoms with Crippen LogP contribution in [0.25, 0.3) is 0 Å². The summed E-state index contributed by atoms with van der Waals surface area (Å²) in [4.78, 5) is 12.1. The van der Waals surface area contributed by atoms with Gasteiger partial charge in [-0.1, -0.05) is 11.6 Å². The van der Waals surface area contributed by atoms with Gasteiger partial charge in [-0.2, -0.15) is 0 Å². The predicted octanol–water partition coefficient (Wildman–Crippen LogP) is 4.07. The van der Waals surface area contributed by atoms with Gasteiger partial charge in [0.1, 0.15) is 11.5 Å². The summed E-state index contributed by atoms with van der Waals surface area (Å²) in [5.74, 6) is -0.830. The highest BCUT2D eigenvalue weighted by molar-refractivity contribution is 9.10. The number of amides is 1. The molecule has 0 aliphatic carbocycles. The first-order valence-corrected chi connectivity index (χ1v) is 6.84. The lowest BCUT2D eigenvalue weighted by atomic mass is 10.1. The van der Waals surface area contributed by atoms with Crippen molar-refractivity contribution in [2.45, 2.75) is 6.92 Å². The van der Waals surface area contributed by atoms with Crippen molar-refractivity contribution < 1.29 is 15.0 Å². The Bertz CT molecular complexity index is 668. The van der Waals surface area contributed by atoms with E-state index in [4.69, 9.17) is 11.6 Å². The fourth-order valence-corrected chi connectivity index (χ4v) is 2.38. The number of hydrogen-bond donors (Lipinski definition) is 3. The Labute approximate surface area is 129 Å². The van der Waals surface area contributed by atoms with Crippen molar-refractivity contribution in [3.8, 4) is 11.5 Å². The highest BCUT2D eigenvalue weighted by Gasteiger charge is 2.12. The van der Waals surface area contributed by atoms with E-state index >= 15 is 0 Å². The van der Waals surface area contributed by atoms with Crippen LogP contribution in [0.2, 0.25) is 5.02 Å². The second kappa shape index (κ2) is 5.73. The maximum Gasteiger partial charge on any atom is 0.255 e. The molecule has 2 rings (SSSR count). The largest absolute Gasteiger partial charge is 0.508 e. The fraction of sp³-hybridized carbons (Fsp3) is 0.0714. The molecule has 6 heteroatoms. The first-order valence-electron chi connectivity index (χ1n) is 5.67. The molecule has 0 aliphatic heterocycles. The smallest absolute Gasteiger partial charge is 0.255 e.